The van der Waals surface area contributed by atoms with Gasteiger partial charge in [-0.25, -0.2) is 0 Å². The number of nitrogens with one attached hydrogen (secondary N) is 1. The number of amides is 2. The molecule has 1 aliphatic heterocycles. The minimum Gasteiger partial charge on any atom is -0.326 e. The molecule has 0 spiro atoms. The molecule has 0 atom stereocenters. The van der Waals surface area contributed by atoms with Gasteiger partial charge in [0.2, 0.25) is 5.91 Å². The average Bonchev–Trinajstić information content (AvgIpc) is 2.97. The van der Waals surface area contributed by atoms with Gasteiger partial charge in [0.1, 0.15) is 4.32 Å². The lowest BCUT2D eigenvalue weighted by molar-refractivity contribution is -0.137. The Hall–Kier alpha value is -2.07. The Morgan fingerprint density at radius 1 is 1.16 bits per heavy atom. The van der Waals surface area contributed by atoms with Crippen LogP contribution >= 0.6 is 47.2 Å². The summed E-state index contributed by atoms with van der Waals surface area (Å²) in [6.45, 7) is 0.201. The van der Waals surface area contributed by atoms with Crippen LogP contribution in [-0.2, 0) is 15.8 Å². The fraction of sp³-hybridized carbons (Fsp3) is 0.190. The minimum atomic E-state index is -4.63. The van der Waals surface area contributed by atoms with E-state index in [0.717, 1.165) is 23.9 Å². The minimum absolute atomic E-state index is 0.00933. The van der Waals surface area contributed by atoms with E-state index in [-0.39, 0.29) is 31.0 Å². The quantitative estimate of drug-likeness (QED) is 0.344. The Bertz CT molecular complexity index is 1110. The highest BCUT2D eigenvalue weighted by atomic mass is 35.5. The first kappa shape index (κ1) is 24.6. The summed E-state index contributed by atoms with van der Waals surface area (Å²) in [5.41, 5.74) is -0.352. The second-order valence-electron chi connectivity index (χ2n) is 6.70. The van der Waals surface area contributed by atoms with Gasteiger partial charge in [-0.3, -0.25) is 14.5 Å². The molecule has 2 aromatic rings. The van der Waals surface area contributed by atoms with Gasteiger partial charge in [0.15, 0.2) is 0 Å². The van der Waals surface area contributed by atoms with Crippen molar-refractivity contribution in [3.05, 3.63) is 68.5 Å². The van der Waals surface area contributed by atoms with Gasteiger partial charge < -0.3 is 5.32 Å². The number of anilines is 1. The van der Waals surface area contributed by atoms with E-state index in [0.29, 0.717) is 19.8 Å². The molecule has 1 N–H and O–H groups in total. The van der Waals surface area contributed by atoms with Crippen molar-refractivity contribution in [1.82, 2.24) is 4.90 Å². The van der Waals surface area contributed by atoms with Crippen LogP contribution in [0, 0.1) is 0 Å². The Kier molecular flexibility index (Phi) is 7.87. The number of alkyl halides is 3. The SMILES string of the molecule is O=C(CCCN1C(=O)/C(=C\c2ccccc2Cl)SC1=S)Nc1ccc(Cl)c(C(F)(F)F)c1. The summed E-state index contributed by atoms with van der Waals surface area (Å²) in [5.74, 6) is -0.773. The first-order valence-electron chi connectivity index (χ1n) is 9.23. The van der Waals surface area contributed by atoms with Crippen molar-refractivity contribution < 1.29 is 22.8 Å². The molecular weight excluding hydrogens is 504 g/mol. The van der Waals surface area contributed by atoms with Crippen LogP contribution in [-0.4, -0.2) is 27.6 Å². The molecule has 2 amide bonds. The summed E-state index contributed by atoms with van der Waals surface area (Å²) in [7, 11) is 0. The van der Waals surface area contributed by atoms with E-state index in [1.165, 1.54) is 11.0 Å². The molecule has 3 rings (SSSR count). The molecule has 0 aliphatic carbocycles. The normalized spacial score (nSPS) is 15.5. The van der Waals surface area contributed by atoms with Crippen molar-refractivity contribution in [2.75, 3.05) is 11.9 Å². The summed E-state index contributed by atoms with van der Waals surface area (Å²) < 4.78 is 39.2. The third kappa shape index (κ3) is 6.04. The predicted octanol–water partition coefficient (Wildman–Crippen LogP) is 6.63. The van der Waals surface area contributed by atoms with Crippen molar-refractivity contribution in [2.24, 2.45) is 0 Å². The van der Waals surface area contributed by atoms with Crippen LogP contribution in [0.2, 0.25) is 10.0 Å². The van der Waals surface area contributed by atoms with E-state index < -0.39 is 22.7 Å². The number of carbonyl (C=O) groups excluding carboxylic acids is 2. The molecule has 0 unspecified atom stereocenters. The molecule has 168 valence electrons. The van der Waals surface area contributed by atoms with Crippen molar-refractivity contribution in [3.63, 3.8) is 0 Å². The number of hydrogen-bond acceptors (Lipinski definition) is 4. The van der Waals surface area contributed by atoms with Crippen LogP contribution in [0.3, 0.4) is 0 Å². The first-order valence-corrected chi connectivity index (χ1v) is 11.2. The number of hydrogen-bond donors (Lipinski definition) is 1. The van der Waals surface area contributed by atoms with Gasteiger partial charge in [-0.1, -0.05) is 65.4 Å². The average molecular weight is 519 g/mol. The maximum absolute atomic E-state index is 12.9. The van der Waals surface area contributed by atoms with Crippen LogP contribution in [0.15, 0.2) is 47.4 Å². The molecule has 0 saturated carbocycles. The van der Waals surface area contributed by atoms with Gasteiger partial charge in [-0.15, -0.1) is 0 Å². The second-order valence-corrected chi connectivity index (χ2v) is 9.19. The zero-order chi connectivity index (χ0) is 23.5. The van der Waals surface area contributed by atoms with Gasteiger partial charge >= 0.3 is 6.18 Å². The topological polar surface area (TPSA) is 49.4 Å². The molecule has 1 aliphatic rings. The summed E-state index contributed by atoms with van der Waals surface area (Å²) in [4.78, 5) is 26.6. The molecule has 1 fully saturated rings. The number of halogens is 5. The summed E-state index contributed by atoms with van der Waals surface area (Å²) in [5, 5.41) is 2.47. The zero-order valence-corrected chi connectivity index (χ0v) is 19.4. The lowest BCUT2D eigenvalue weighted by Gasteiger charge is -2.14. The molecule has 11 heteroatoms. The molecule has 4 nitrogen and oxygen atoms in total. The van der Waals surface area contributed by atoms with Crippen molar-refractivity contribution in [3.8, 4) is 0 Å². The second kappa shape index (κ2) is 10.2. The van der Waals surface area contributed by atoms with Crippen molar-refractivity contribution in [2.45, 2.75) is 19.0 Å². The highest BCUT2D eigenvalue weighted by Crippen LogP contribution is 2.36. The monoisotopic (exact) mass is 518 g/mol. The molecule has 2 aromatic carbocycles. The maximum atomic E-state index is 12.9. The fourth-order valence-electron chi connectivity index (χ4n) is 2.87. The summed E-state index contributed by atoms with van der Waals surface area (Å²) >= 11 is 18.1. The first-order chi connectivity index (χ1) is 15.1. The third-order valence-corrected chi connectivity index (χ3v) is 6.46. The third-order valence-electron chi connectivity index (χ3n) is 4.41. The molecule has 0 radical (unpaired) electrons. The Morgan fingerprint density at radius 3 is 2.56 bits per heavy atom. The number of rotatable bonds is 6. The van der Waals surface area contributed by atoms with Gasteiger partial charge in [0, 0.05) is 23.7 Å². The van der Waals surface area contributed by atoms with E-state index in [1.54, 1.807) is 30.3 Å². The van der Waals surface area contributed by atoms with E-state index in [9.17, 15) is 22.8 Å². The van der Waals surface area contributed by atoms with Crippen LogP contribution in [0.5, 0.6) is 0 Å². The lowest BCUT2D eigenvalue weighted by atomic mass is 10.2. The predicted molar refractivity (Wildman–Crippen MR) is 126 cm³/mol. The molecule has 1 saturated heterocycles. The number of thioether (sulfide) groups is 1. The van der Waals surface area contributed by atoms with E-state index in [4.69, 9.17) is 35.4 Å². The van der Waals surface area contributed by atoms with E-state index >= 15 is 0 Å². The van der Waals surface area contributed by atoms with Gasteiger partial charge in [-0.2, -0.15) is 13.2 Å². The van der Waals surface area contributed by atoms with Crippen LogP contribution in [0.4, 0.5) is 18.9 Å². The van der Waals surface area contributed by atoms with Gasteiger partial charge in [0.05, 0.1) is 15.5 Å². The zero-order valence-electron chi connectivity index (χ0n) is 16.2. The maximum Gasteiger partial charge on any atom is 0.417 e. The lowest BCUT2D eigenvalue weighted by Crippen LogP contribution is -2.29. The van der Waals surface area contributed by atoms with Crippen LogP contribution < -0.4 is 5.32 Å². The molecule has 32 heavy (non-hydrogen) atoms. The molecular formula is C21H15Cl2F3N2O2S2. The number of thiocarbonyl (C=S) groups is 1. The fourth-order valence-corrected chi connectivity index (χ4v) is 4.58. The highest BCUT2D eigenvalue weighted by Gasteiger charge is 2.34. The molecule has 1 heterocycles. The van der Waals surface area contributed by atoms with Crippen molar-refractivity contribution in [1.29, 1.82) is 0 Å². The van der Waals surface area contributed by atoms with Crippen LogP contribution in [0.25, 0.3) is 6.08 Å². The van der Waals surface area contributed by atoms with E-state index in [2.05, 4.69) is 5.32 Å². The highest BCUT2D eigenvalue weighted by molar-refractivity contribution is 8.26. The molecule has 0 aromatic heterocycles. The Morgan fingerprint density at radius 2 is 1.88 bits per heavy atom. The summed E-state index contributed by atoms with van der Waals surface area (Å²) in [6, 6.07) is 10.2. The van der Waals surface area contributed by atoms with Crippen molar-refractivity contribution >= 4 is 75.1 Å². The largest absolute Gasteiger partial charge is 0.417 e. The Labute approximate surface area is 201 Å². The Balaban J connectivity index is 1.56. The number of carbonyl (C=O) groups is 2. The standard InChI is InChI=1S/C21H15Cl2F3N2O2S2/c22-15-5-2-1-4-12(15)10-17-19(30)28(20(31)32-17)9-3-6-18(29)27-13-7-8-16(23)14(11-13)21(24,25)26/h1-2,4-5,7-8,10-11H,3,6,9H2,(H,27,29)/b17-10+. The summed E-state index contributed by atoms with van der Waals surface area (Å²) in [6.07, 6.45) is -2.70. The van der Waals surface area contributed by atoms with Gasteiger partial charge in [-0.05, 0) is 42.3 Å². The smallest absolute Gasteiger partial charge is 0.326 e. The van der Waals surface area contributed by atoms with Gasteiger partial charge in [0.25, 0.3) is 5.91 Å². The number of benzene rings is 2. The van der Waals surface area contributed by atoms with Crippen LogP contribution in [0.1, 0.15) is 24.0 Å². The molecule has 0 bridgehead atoms. The van der Waals surface area contributed by atoms with E-state index in [1.807, 2.05) is 0 Å². The number of nitrogens with zero attached hydrogens (tertiary/aromatic N) is 1.